The fourth-order valence-electron chi connectivity index (χ4n) is 1.14. The Labute approximate surface area is 80.7 Å². The van der Waals surface area contributed by atoms with E-state index in [4.69, 9.17) is 0 Å². The van der Waals surface area contributed by atoms with Crippen LogP contribution >= 0.6 is 0 Å². The van der Waals surface area contributed by atoms with Crippen LogP contribution in [0.3, 0.4) is 0 Å². The number of hydrogen-bond donors (Lipinski definition) is 0. The highest BCUT2D eigenvalue weighted by atomic mass is 16.1. The lowest BCUT2D eigenvalue weighted by atomic mass is 9.94. The predicted octanol–water partition coefficient (Wildman–Crippen LogP) is 2.61. The average Bonchev–Trinajstić information content (AvgIpc) is 2.04. The first-order valence-corrected chi connectivity index (χ1v) is 5.04. The summed E-state index contributed by atoms with van der Waals surface area (Å²) in [6.45, 7) is 7.62. The van der Waals surface area contributed by atoms with Gasteiger partial charge in [0.25, 0.3) is 0 Å². The van der Waals surface area contributed by atoms with E-state index in [0.717, 1.165) is 12.8 Å². The highest BCUT2D eigenvalue weighted by molar-refractivity contribution is 6.00. The minimum absolute atomic E-state index is 0.0159. The van der Waals surface area contributed by atoms with E-state index in [1.165, 1.54) is 0 Å². The monoisotopic (exact) mass is 184 g/mol. The molecule has 0 fully saturated rings. The maximum absolute atomic E-state index is 11.4. The van der Waals surface area contributed by atoms with Crippen molar-refractivity contribution in [3.05, 3.63) is 0 Å². The van der Waals surface area contributed by atoms with Crippen molar-refractivity contribution < 1.29 is 9.59 Å². The molecule has 2 heteroatoms. The van der Waals surface area contributed by atoms with Gasteiger partial charge in [-0.05, 0) is 6.42 Å². The Bertz CT molecular complexity index is 183. The summed E-state index contributed by atoms with van der Waals surface area (Å²) in [6.07, 6.45) is 2.02. The maximum Gasteiger partial charge on any atom is 0.143 e. The lowest BCUT2D eigenvalue weighted by Crippen LogP contribution is -2.18. The lowest BCUT2D eigenvalue weighted by Gasteiger charge is -2.09. The second-order valence-corrected chi connectivity index (χ2v) is 3.95. The minimum atomic E-state index is -0.0159. The Morgan fingerprint density at radius 2 is 1.62 bits per heavy atom. The summed E-state index contributed by atoms with van der Waals surface area (Å²) < 4.78 is 0. The molecule has 1 atom stereocenters. The van der Waals surface area contributed by atoms with Gasteiger partial charge in [0.1, 0.15) is 11.6 Å². The van der Waals surface area contributed by atoms with Crippen LogP contribution in [0.25, 0.3) is 0 Å². The Morgan fingerprint density at radius 3 is 2.00 bits per heavy atom. The van der Waals surface area contributed by atoms with Crippen LogP contribution < -0.4 is 0 Å². The molecule has 0 radical (unpaired) electrons. The molecule has 0 rings (SSSR count). The molecule has 0 aromatic carbocycles. The fourth-order valence-corrected chi connectivity index (χ4v) is 1.14. The fraction of sp³-hybridized carbons (Fsp3) is 0.818. The summed E-state index contributed by atoms with van der Waals surface area (Å²) in [5.74, 6) is 0.193. The normalized spacial score (nSPS) is 13.0. The van der Waals surface area contributed by atoms with Crippen LogP contribution in [-0.2, 0) is 9.59 Å². The van der Waals surface area contributed by atoms with E-state index in [0.29, 0.717) is 0 Å². The molecular weight excluding hydrogens is 164 g/mol. The van der Waals surface area contributed by atoms with Gasteiger partial charge in [-0.1, -0.05) is 34.1 Å². The van der Waals surface area contributed by atoms with E-state index in [-0.39, 0.29) is 29.8 Å². The summed E-state index contributed by atoms with van der Waals surface area (Å²) in [5, 5.41) is 0. The predicted molar refractivity (Wildman–Crippen MR) is 53.5 cm³/mol. The van der Waals surface area contributed by atoms with E-state index in [1.807, 2.05) is 27.7 Å². The second kappa shape index (κ2) is 5.90. The molecule has 0 aliphatic carbocycles. The topological polar surface area (TPSA) is 34.1 Å². The Morgan fingerprint density at radius 1 is 1.08 bits per heavy atom. The quantitative estimate of drug-likeness (QED) is 0.595. The summed E-state index contributed by atoms with van der Waals surface area (Å²) in [6, 6.07) is 0. The molecule has 0 aliphatic heterocycles. The molecule has 0 N–H and O–H groups in total. The summed E-state index contributed by atoms with van der Waals surface area (Å²) in [5.41, 5.74) is 0. The van der Waals surface area contributed by atoms with Crippen LogP contribution in [0.5, 0.6) is 0 Å². The zero-order valence-corrected chi connectivity index (χ0v) is 9.09. The van der Waals surface area contributed by atoms with E-state index in [9.17, 15) is 9.59 Å². The Balaban J connectivity index is 3.93. The first kappa shape index (κ1) is 12.3. The zero-order valence-electron chi connectivity index (χ0n) is 9.09. The Hall–Kier alpha value is -0.660. The smallest absolute Gasteiger partial charge is 0.143 e. The van der Waals surface area contributed by atoms with Crippen LogP contribution in [0, 0.1) is 11.8 Å². The van der Waals surface area contributed by atoms with Gasteiger partial charge in [-0.3, -0.25) is 9.59 Å². The van der Waals surface area contributed by atoms with Gasteiger partial charge in [0, 0.05) is 11.8 Å². The summed E-state index contributed by atoms with van der Waals surface area (Å²) >= 11 is 0. The summed E-state index contributed by atoms with van der Waals surface area (Å²) in [4.78, 5) is 22.7. The molecule has 0 aromatic heterocycles. The third-order valence-corrected chi connectivity index (χ3v) is 2.26. The number of hydrogen-bond acceptors (Lipinski definition) is 2. The summed E-state index contributed by atoms with van der Waals surface area (Å²) in [7, 11) is 0. The van der Waals surface area contributed by atoms with Crippen LogP contribution in [0.15, 0.2) is 0 Å². The van der Waals surface area contributed by atoms with Gasteiger partial charge >= 0.3 is 0 Å². The number of Topliss-reactive ketones (excluding diaryl/α,β-unsaturated/α-hetero) is 2. The van der Waals surface area contributed by atoms with Gasteiger partial charge in [-0.2, -0.15) is 0 Å². The number of rotatable bonds is 6. The number of carbonyl (C=O) groups excluding carboxylic acids is 2. The molecule has 2 nitrogen and oxygen atoms in total. The molecule has 0 bridgehead atoms. The minimum Gasteiger partial charge on any atom is -0.299 e. The highest BCUT2D eigenvalue weighted by Gasteiger charge is 2.17. The SMILES string of the molecule is CCCC(C)C(=O)CC(=O)C(C)C. The van der Waals surface area contributed by atoms with Gasteiger partial charge in [0.15, 0.2) is 0 Å². The molecule has 0 saturated carbocycles. The lowest BCUT2D eigenvalue weighted by molar-refractivity contribution is -0.130. The molecule has 1 unspecified atom stereocenters. The van der Waals surface area contributed by atoms with Crippen LogP contribution in [0.4, 0.5) is 0 Å². The first-order valence-electron chi connectivity index (χ1n) is 5.04. The van der Waals surface area contributed by atoms with Crippen LogP contribution in [-0.4, -0.2) is 11.6 Å². The van der Waals surface area contributed by atoms with Gasteiger partial charge < -0.3 is 0 Å². The highest BCUT2D eigenvalue weighted by Crippen LogP contribution is 2.10. The van der Waals surface area contributed by atoms with Crippen molar-refractivity contribution in [1.29, 1.82) is 0 Å². The van der Waals surface area contributed by atoms with Gasteiger partial charge in [0.2, 0.25) is 0 Å². The van der Waals surface area contributed by atoms with Gasteiger partial charge in [0.05, 0.1) is 6.42 Å². The molecule has 0 aliphatic rings. The van der Waals surface area contributed by atoms with E-state index in [2.05, 4.69) is 0 Å². The zero-order chi connectivity index (χ0) is 10.4. The Kier molecular flexibility index (Phi) is 5.60. The second-order valence-electron chi connectivity index (χ2n) is 3.95. The molecule has 0 saturated heterocycles. The van der Waals surface area contributed by atoms with E-state index < -0.39 is 0 Å². The van der Waals surface area contributed by atoms with Crippen molar-refractivity contribution in [2.75, 3.05) is 0 Å². The van der Waals surface area contributed by atoms with E-state index >= 15 is 0 Å². The maximum atomic E-state index is 11.4. The van der Waals surface area contributed by atoms with Crippen molar-refractivity contribution in [3.8, 4) is 0 Å². The third kappa shape index (κ3) is 4.81. The number of ketones is 2. The van der Waals surface area contributed by atoms with Crippen LogP contribution in [0.2, 0.25) is 0 Å². The van der Waals surface area contributed by atoms with Crippen molar-refractivity contribution in [1.82, 2.24) is 0 Å². The van der Waals surface area contributed by atoms with Crippen molar-refractivity contribution in [3.63, 3.8) is 0 Å². The molecule has 0 heterocycles. The molecular formula is C11H20O2. The number of carbonyl (C=O) groups is 2. The van der Waals surface area contributed by atoms with Crippen molar-refractivity contribution in [2.45, 2.75) is 47.0 Å². The largest absolute Gasteiger partial charge is 0.299 e. The third-order valence-electron chi connectivity index (χ3n) is 2.26. The molecule has 0 spiro atoms. The molecule has 13 heavy (non-hydrogen) atoms. The molecule has 0 aromatic rings. The van der Waals surface area contributed by atoms with E-state index in [1.54, 1.807) is 0 Å². The standard InChI is InChI=1S/C11H20O2/c1-5-6-9(4)11(13)7-10(12)8(2)3/h8-9H,5-7H2,1-4H3. The van der Waals surface area contributed by atoms with Gasteiger partial charge in [-0.25, -0.2) is 0 Å². The van der Waals surface area contributed by atoms with Gasteiger partial charge in [-0.15, -0.1) is 0 Å². The van der Waals surface area contributed by atoms with Crippen molar-refractivity contribution >= 4 is 11.6 Å². The molecule has 0 amide bonds. The van der Waals surface area contributed by atoms with Crippen LogP contribution in [0.1, 0.15) is 47.0 Å². The molecule has 76 valence electrons. The average molecular weight is 184 g/mol. The first-order chi connectivity index (χ1) is 5.99. The van der Waals surface area contributed by atoms with Crippen molar-refractivity contribution in [2.24, 2.45) is 11.8 Å².